The highest BCUT2D eigenvalue weighted by molar-refractivity contribution is 8.00. The SMILES string of the molecule is C#CCNC(=O)C(C)Sc1nnc(C)n1CCN. The molecule has 3 N–H and O–H groups in total. The van der Waals surface area contributed by atoms with E-state index in [9.17, 15) is 4.79 Å². The lowest BCUT2D eigenvalue weighted by molar-refractivity contribution is -0.120. The Labute approximate surface area is 111 Å². The van der Waals surface area contributed by atoms with E-state index in [1.807, 2.05) is 11.5 Å². The summed E-state index contributed by atoms with van der Waals surface area (Å²) in [5.41, 5.74) is 5.53. The normalized spacial score (nSPS) is 11.9. The average Bonchev–Trinajstić information content (AvgIpc) is 2.69. The standard InChI is InChI=1S/C11H17N5OS/c1-4-6-13-10(17)8(2)18-11-15-14-9(3)16(11)7-5-12/h1,8H,5-7,12H2,2-3H3,(H,13,17). The van der Waals surface area contributed by atoms with Gasteiger partial charge in [0.15, 0.2) is 5.16 Å². The van der Waals surface area contributed by atoms with E-state index >= 15 is 0 Å². The second kappa shape index (κ2) is 7.03. The Morgan fingerprint density at radius 1 is 1.67 bits per heavy atom. The summed E-state index contributed by atoms with van der Waals surface area (Å²) in [6.07, 6.45) is 5.08. The molecule has 0 fully saturated rings. The third kappa shape index (κ3) is 3.75. The maximum atomic E-state index is 11.7. The lowest BCUT2D eigenvalue weighted by Gasteiger charge is -2.11. The lowest BCUT2D eigenvalue weighted by atomic mass is 10.4. The van der Waals surface area contributed by atoms with Gasteiger partial charge in [-0.25, -0.2) is 0 Å². The first-order valence-electron chi connectivity index (χ1n) is 5.57. The molecule has 6 nitrogen and oxygen atoms in total. The van der Waals surface area contributed by atoms with Crippen molar-refractivity contribution in [3.8, 4) is 12.3 Å². The average molecular weight is 267 g/mol. The van der Waals surface area contributed by atoms with Crippen LogP contribution in [0, 0.1) is 19.3 Å². The van der Waals surface area contributed by atoms with E-state index in [4.69, 9.17) is 12.2 Å². The zero-order valence-electron chi connectivity index (χ0n) is 10.5. The largest absolute Gasteiger partial charge is 0.344 e. The van der Waals surface area contributed by atoms with Crippen molar-refractivity contribution in [2.24, 2.45) is 5.73 Å². The van der Waals surface area contributed by atoms with Gasteiger partial charge in [0.1, 0.15) is 5.82 Å². The second-order valence-corrected chi connectivity index (χ2v) is 4.96. The molecule has 0 radical (unpaired) electrons. The second-order valence-electron chi connectivity index (χ2n) is 3.65. The van der Waals surface area contributed by atoms with Gasteiger partial charge >= 0.3 is 0 Å². The number of terminal acetylenes is 1. The molecule has 0 aliphatic rings. The molecule has 98 valence electrons. The Morgan fingerprint density at radius 3 is 3.00 bits per heavy atom. The predicted octanol–water partition coefficient (Wildman–Crippen LogP) is -0.225. The molecule has 1 heterocycles. The van der Waals surface area contributed by atoms with Gasteiger partial charge in [-0.3, -0.25) is 4.79 Å². The van der Waals surface area contributed by atoms with Crippen molar-refractivity contribution in [3.63, 3.8) is 0 Å². The van der Waals surface area contributed by atoms with Crippen LogP contribution in [0.5, 0.6) is 0 Å². The third-order valence-electron chi connectivity index (χ3n) is 2.27. The van der Waals surface area contributed by atoms with Crippen LogP contribution in [0.25, 0.3) is 0 Å². The van der Waals surface area contributed by atoms with Crippen molar-refractivity contribution in [2.45, 2.75) is 30.8 Å². The molecule has 0 aliphatic carbocycles. The van der Waals surface area contributed by atoms with E-state index in [1.165, 1.54) is 11.8 Å². The van der Waals surface area contributed by atoms with Crippen LogP contribution in [0.1, 0.15) is 12.7 Å². The topological polar surface area (TPSA) is 85.8 Å². The number of hydrogen-bond donors (Lipinski definition) is 2. The summed E-state index contributed by atoms with van der Waals surface area (Å²) in [5, 5.41) is 11.1. The molecule has 1 unspecified atom stereocenters. The molecule has 7 heteroatoms. The number of aromatic nitrogens is 3. The Bertz CT molecular complexity index is 451. The summed E-state index contributed by atoms with van der Waals surface area (Å²) >= 11 is 1.34. The first-order chi connectivity index (χ1) is 8.60. The number of hydrogen-bond acceptors (Lipinski definition) is 5. The van der Waals surface area contributed by atoms with Gasteiger partial charge in [-0.1, -0.05) is 17.7 Å². The lowest BCUT2D eigenvalue weighted by Crippen LogP contribution is -2.31. The molecule has 1 atom stereocenters. The van der Waals surface area contributed by atoms with Crippen LogP contribution < -0.4 is 11.1 Å². The molecule has 1 rings (SSSR count). The van der Waals surface area contributed by atoms with Gasteiger partial charge in [-0.2, -0.15) is 0 Å². The number of nitrogens with zero attached hydrogens (tertiary/aromatic N) is 3. The van der Waals surface area contributed by atoms with E-state index in [0.29, 0.717) is 18.2 Å². The zero-order chi connectivity index (χ0) is 13.5. The maximum Gasteiger partial charge on any atom is 0.234 e. The number of rotatable bonds is 6. The molecular formula is C11H17N5OS. The van der Waals surface area contributed by atoms with E-state index in [0.717, 1.165) is 5.82 Å². The maximum absolute atomic E-state index is 11.7. The van der Waals surface area contributed by atoms with Gasteiger partial charge in [-0.05, 0) is 13.8 Å². The van der Waals surface area contributed by atoms with Crippen LogP contribution in [0.2, 0.25) is 0 Å². The van der Waals surface area contributed by atoms with E-state index in [-0.39, 0.29) is 17.7 Å². The number of nitrogens with one attached hydrogen (secondary N) is 1. The fourth-order valence-electron chi connectivity index (χ4n) is 1.33. The first-order valence-corrected chi connectivity index (χ1v) is 6.45. The molecule has 0 bridgehead atoms. The van der Waals surface area contributed by atoms with Gasteiger partial charge in [0.2, 0.25) is 5.91 Å². The molecule has 0 spiro atoms. The molecule has 1 aromatic heterocycles. The third-order valence-corrected chi connectivity index (χ3v) is 3.35. The Kier molecular flexibility index (Phi) is 5.68. The van der Waals surface area contributed by atoms with Gasteiger partial charge in [0.25, 0.3) is 0 Å². The van der Waals surface area contributed by atoms with Crippen LogP contribution in [0.15, 0.2) is 5.16 Å². The Hall–Kier alpha value is -1.52. The smallest absolute Gasteiger partial charge is 0.234 e. The van der Waals surface area contributed by atoms with Crippen molar-refractivity contribution < 1.29 is 4.79 Å². The minimum absolute atomic E-state index is 0.113. The van der Waals surface area contributed by atoms with E-state index < -0.39 is 0 Å². The molecular weight excluding hydrogens is 250 g/mol. The van der Waals surface area contributed by atoms with Crippen molar-refractivity contribution >= 4 is 17.7 Å². The highest BCUT2D eigenvalue weighted by atomic mass is 32.2. The summed E-state index contributed by atoms with van der Waals surface area (Å²) in [6, 6.07) is 0. The van der Waals surface area contributed by atoms with Gasteiger partial charge in [0, 0.05) is 13.1 Å². The number of carbonyl (C=O) groups excluding carboxylic acids is 1. The highest BCUT2D eigenvalue weighted by Gasteiger charge is 2.18. The Balaban J connectivity index is 2.67. The monoisotopic (exact) mass is 267 g/mol. The summed E-state index contributed by atoms with van der Waals surface area (Å²) in [4.78, 5) is 11.7. The highest BCUT2D eigenvalue weighted by Crippen LogP contribution is 2.21. The van der Waals surface area contributed by atoms with Crippen LogP contribution >= 0.6 is 11.8 Å². The quantitative estimate of drug-likeness (QED) is 0.549. The van der Waals surface area contributed by atoms with Crippen LogP contribution in [0.4, 0.5) is 0 Å². The molecule has 0 saturated heterocycles. The van der Waals surface area contributed by atoms with Crippen molar-refractivity contribution in [1.82, 2.24) is 20.1 Å². The number of carbonyl (C=O) groups is 1. The van der Waals surface area contributed by atoms with E-state index in [2.05, 4.69) is 21.4 Å². The van der Waals surface area contributed by atoms with Crippen LogP contribution in [0.3, 0.4) is 0 Å². The minimum Gasteiger partial charge on any atom is -0.344 e. The summed E-state index contributed by atoms with van der Waals surface area (Å²) < 4.78 is 1.90. The van der Waals surface area contributed by atoms with Gasteiger partial charge < -0.3 is 15.6 Å². The number of amides is 1. The first kappa shape index (κ1) is 14.5. The number of nitrogens with two attached hydrogens (primary N) is 1. The van der Waals surface area contributed by atoms with Crippen molar-refractivity contribution in [1.29, 1.82) is 0 Å². The molecule has 18 heavy (non-hydrogen) atoms. The number of aryl methyl sites for hydroxylation is 1. The van der Waals surface area contributed by atoms with Crippen LogP contribution in [-0.2, 0) is 11.3 Å². The summed E-state index contributed by atoms with van der Waals surface area (Å²) in [6.45, 7) is 5.03. The molecule has 0 aliphatic heterocycles. The molecule has 0 aromatic carbocycles. The zero-order valence-corrected chi connectivity index (χ0v) is 11.3. The fraction of sp³-hybridized carbons (Fsp3) is 0.545. The molecule has 0 saturated carbocycles. The minimum atomic E-state index is -0.279. The summed E-state index contributed by atoms with van der Waals surface area (Å²) in [7, 11) is 0. The molecule has 1 amide bonds. The van der Waals surface area contributed by atoms with Gasteiger partial charge in [0.05, 0.1) is 11.8 Å². The molecule has 1 aromatic rings. The van der Waals surface area contributed by atoms with Crippen molar-refractivity contribution in [2.75, 3.05) is 13.1 Å². The van der Waals surface area contributed by atoms with Crippen molar-refractivity contribution in [3.05, 3.63) is 5.82 Å². The van der Waals surface area contributed by atoms with E-state index in [1.54, 1.807) is 6.92 Å². The fourth-order valence-corrected chi connectivity index (χ4v) is 2.27. The predicted molar refractivity (Wildman–Crippen MR) is 71.0 cm³/mol. The Morgan fingerprint density at radius 2 is 2.39 bits per heavy atom. The van der Waals surface area contributed by atoms with Crippen LogP contribution in [-0.4, -0.2) is 39.0 Å². The number of thioether (sulfide) groups is 1. The van der Waals surface area contributed by atoms with Gasteiger partial charge in [-0.15, -0.1) is 16.6 Å². The summed E-state index contributed by atoms with van der Waals surface area (Å²) in [5.74, 6) is 3.04.